The van der Waals surface area contributed by atoms with E-state index in [-0.39, 0.29) is 30.2 Å². The number of benzene rings is 2. The molecule has 3 nitrogen and oxygen atoms in total. The number of rotatable bonds is 7. The Balaban J connectivity index is 0.00000280. The van der Waals surface area contributed by atoms with Gasteiger partial charge < -0.3 is 15.4 Å². The van der Waals surface area contributed by atoms with Crippen molar-refractivity contribution in [2.75, 3.05) is 6.54 Å². The van der Waals surface area contributed by atoms with Crippen molar-refractivity contribution in [3.63, 3.8) is 0 Å². The molecule has 0 amide bonds. The summed E-state index contributed by atoms with van der Waals surface area (Å²) in [5.41, 5.74) is 3.14. The molecule has 1 aliphatic heterocycles. The van der Waals surface area contributed by atoms with Gasteiger partial charge in [-0.1, -0.05) is 56.3 Å². The molecule has 28 heavy (non-hydrogen) atoms. The Morgan fingerprint density at radius 2 is 1.89 bits per heavy atom. The van der Waals surface area contributed by atoms with E-state index in [4.69, 9.17) is 4.74 Å². The molecule has 0 saturated carbocycles. The highest BCUT2D eigenvalue weighted by Gasteiger charge is 2.26. The van der Waals surface area contributed by atoms with Gasteiger partial charge in [-0.3, -0.25) is 0 Å². The topological polar surface area (TPSA) is 33.3 Å². The van der Waals surface area contributed by atoms with Crippen LogP contribution in [-0.4, -0.2) is 19.2 Å². The molecule has 3 rings (SSSR count). The summed E-state index contributed by atoms with van der Waals surface area (Å²) in [4.78, 5) is 0. The summed E-state index contributed by atoms with van der Waals surface area (Å²) in [6, 6.07) is 16.3. The van der Waals surface area contributed by atoms with E-state index < -0.39 is 6.61 Å². The average Bonchev–Trinajstić information content (AvgIpc) is 2.67. The molecule has 6 heteroatoms. The van der Waals surface area contributed by atoms with Crippen LogP contribution in [0.15, 0.2) is 48.5 Å². The van der Waals surface area contributed by atoms with Crippen molar-refractivity contribution in [2.45, 2.75) is 57.8 Å². The minimum atomic E-state index is -2.82. The summed E-state index contributed by atoms with van der Waals surface area (Å²) in [6.45, 7) is 2.86. The van der Waals surface area contributed by atoms with Crippen LogP contribution in [-0.2, 0) is 6.54 Å². The van der Waals surface area contributed by atoms with Gasteiger partial charge in [-0.05, 0) is 42.5 Å². The SMILES string of the molecule is CC(C)c1ccc(OC(F)F)c(CN[C@H]2CCCN[C@H]2c2ccccc2)c1.Cl. The molecule has 0 aromatic heterocycles. The highest BCUT2D eigenvalue weighted by molar-refractivity contribution is 5.85. The molecular weight excluding hydrogens is 382 g/mol. The smallest absolute Gasteiger partial charge is 0.387 e. The second-order valence-electron chi connectivity index (χ2n) is 7.37. The molecule has 0 radical (unpaired) electrons. The zero-order valence-electron chi connectivity index (χ0n) is 16.3. The normalized spacial score (nSPS) is 19.5. The highest BCUT2D eigenvalue weighted by atomic mass is 35.5. The van der Waals surface area contributed by atoms with Gasteiger partial charge in [0.1, 0.15) is 5.75 Å². The predicted octanol–water partition coefficient (Wildman–Crippen LogP) is 5.42. The van der Waals surface area contributed by atoms with Crippen molar-refractivity contribution in [1.29, 1.82) is 0 Å². The fourth-order valence-corrected chi connectivity index (χ4v) is 3.67. The first kappa shape index (κ1) is 22.6. The summed E-state index contributed by atoms with van der Waals surface area (Å²) in [6.07, 6.45) is 2.13. The Labute approximate surface area is 172 Å². The lowest BCUT2D eigenvalue weighted by molar-refractivity contribution is -0.0505. The molecule has 0 bridgehead atoms. The number of nitrogens with one attached hydrogen (secondary N) is 2. The first-order chi connectivity index (χ1) is 13.0. The van der Waals surface area contributed by atoms with Gasteiger partial charge in [0.2, 0.25) is 0 Å². The van der Waals surface area contributed by atoms with Crippen LogP contribution in [0, 0.1) is 0 Å². The first-order valence-electron chi connectivity index (χ1n) is 9.64. The van der Waals surface area contributed by atoms with Crippen LogP contribution in [0.5, 0.6) is 5.75 Å². The van der Waals surface area contributed by atoms with Crippen LogP contribution in [0.4, 0.5) is 8.78 Å². The van der Waals surface area contributed by atoms with Crippen molar-refractivity contribution in [3.8, 4) is 5.75 Å². The molecule has 1 fully saturated rings. The van der Waals surface area contributed by atoms with Crippen LogP contribution in [0.2, 0.25) is 0 Å². The van der Waals surface area contributed by atoms with Crippen LogP contribution in [0.25, 0.3) is 0 Å². The molecule has 1 aliphatic rings. The number of hydrogen-bond donors (Lipinski definition) is 2. The second-order valence-corrected chi connectivity index (χ2v) is 7.37. The fraction of sp³-hybridized carbons (Fsp3) is 0.455. The maximum Gasteiger partial charge on any atom is 0.387 e. The predicted molar refractivity (Wildman–Crippen MR) is 111 cm³/mol. The van der Waals surface area contributed by atoms with Crippen LogP contribution in [0.1, 0.15) is 55.3 Å². The van der Waals surface area contributed by atoms with E-state index >= 15 is 0 Å². The molecule has 0 unspecified atom stereocenters. The van der Waals surface area contributed by atoms with Crippen LogP contribution < -0.4 is 15.4 Å². The minimum absolute atomic E-state index is 0. The van der Waals surface area contributed by atoms with Gasteiger partial charge in [-0.15, -0.1) is 12.4 Å². The quantitative estimate of drug-likeness (QED) is 0.639. The zero-order valence-corrected chi connectivity index (χ0v) is 17.1. The highest BCUT2D eigenvalue weighted by Crippen LogP contribution is 2.28. The van der Waals surface area contributed by atoms with E-state index in [1.807, 2.05) is 30.3 Å². The second kappa shape index (κ2) is 10.7. The molecular formula is C22H29ClF2N2O. The average molecular weight is 411 g/mol. The van der Waals surface area contributed by atoms with Crippen molar-refractivity contribution in [1.82, 2.24) is 10.6 Å². The first-order valence-corrected chi connectivity index (χ1v) is 9.64. The third-order valence-corrected chi connectivity index (χ3v) is 5.14. The zero-order chi connectivity index (χ0) is 19.2. The van der Waals surface area contributed by atoms with Crippen molar-refractivity contribution in [2.24, 2.45) is 0 Å². The summed E-state index contributed by atoms with van der Waals surface area (Å²) in [5.74, 6) is 0.583. The third-order valence-electron chi connectivity index (χ3n) is 5.14. The maximum atomic E-state index is 12.8. The van der Waals surface area contributed by atoms with Gasteiger partial charge in [-0.2, -0.15) is 8.78 Å². The number of hydrogen-bond acceptors (Lipinski definition) is 3. The Kier molecular flexibility index (Phi) is 8.67. The lowest BCUT2D eigenvalue weighted by Gasteiger charge is -2.34. The fourth-order valence-electron chi connectivity index (χ4n) is 3.67. The molecule has 154 valence electrons. The largest absolute Gasteiger partial charge is 0.434 e. The van der Waals surface area contributed by atoms with Gasteiger partial charge in [-0.25, -0.2) is 0 Å². The number of alkyl halides is 2. The molecule has 2 aromatic rings. The monoisotopic (exact) mass is 410 g/mol. The van der Waals surface area contributed by atoms with Crippen LogP contribution in [0.3, 0.4) is 0 Å². The van der Waals surface area contributed by atoms with Crippen molar-refractivity contribution < 1.29 is 13.5 Å². The minimum Gasteiger partial charge on any atom is -0.434 e. The maximum absolute atomic E-state index is 12.8. The van der Waals surface area contributed by atoms with E-state index in [0.29, 0.717) is 12.5 Å². The Bertz CT molecular complexity index is 728. The Morgan fingerprint density at radius 3 is 2.57 bits per heavy atom. The molecule has 2 N–H and O–H groups in total. The lowest BCUT2D eigenvalue weighted by Crippen LogP contribution is -2.45. The summed E-state index contributed by atoms with van der Waals surface area (Å²) in [7, 11) is 0. The number of halogens is 3. The summed E-state index contributed by atoms with van der Waals surface area (Å²) in [5, 5.41) is 7.16. The molecule has 2 atom stereocenters. The third kappa shape index (κ3) is 5.90. The van der Waals surface area contributed by atoms with E-state index in [0.717, 1.165) is 30.5 Å². The van der Waals surface area contributed by atoms with E-state index in [1.165, 1.54) is 5.56 Å². The lowest BCUT2D eigenvalue weighted by atomic mass is 9.92. The van der Waals surface area contributed by atoms with Gasteiger partial charge in [0.25, 0.3) is 0 Å². The summed E-state index contributed by atoms with van der Waals surface area (Å²) >= 11 is 0. The van der Waals surface area contributed by atoms with Gasteiger partial charge >= 0.3 is 6.61 Å². The van der Waals surface area contributed by atoms with Gasteiger partial charge in [0, 0.05) is 24.2 Å². The number of piperidine rings is 1. The number of ether oxygens (including phenoxy) is 1. The van der Waals surface area contributed by atoms with Crippen LogP contribution >= 0.6 is 12.4 Å². The Hall–Kier alpha value is -1.69. The molecule has 1 heterocycles. The molecule has 1 saturated heterocycles. The Morgan fingerprint density at radius 1 is 1.14 bits per heavy atom. The summed E-state index contributed by atoms with van der Waals surface area (Å²) < 4.78 is 30.3. The standard InChI is InChI=1S/C22H28F2N2O.ClH/c1-15(2)17-10-11-20(27-22(23)24)18(13-17)14-26-19-9-6-12-25-21(19)16-7-4-3-5-8-16;/h3-5,7-8,10-11,13,15,19,21-22,25-26H,6,9,12,14H2,1-2H3;1H/t19-,21-;/m0./s1. The molecule has 0 spiro atoms. The van der Waals surface area contributed by atoms with E-state index in [9.17, 15) is 8.78 Å². The van der Waals surface area contributed by atoms with E-state index in [1.54, 1.807) is 6.07 Å². The van der Waals surface area contributed by atoms with Crippen molar-refractivity contribution in [3.05, 3.63) is 65.2 Å². The van der Waals surface area contributed by atoms with Crippen molar-refractivity contribution >= 4 is 12.4 Å². The van der Waals surface area contributed by atoms with Gasteiger partial charge in [0.05, 0.1) is 0 Å². The molecule has 2 aromatic carbocycles. The molecule has 0 aliphatic carbocycles. The van der Waals surface area contributed by atoms with E-state index in [2.05, 4.69) is 36.6 Å². The van der Waals surface area contributed by atoms with Gasteiger partial charge in [0.15, 0.2) is 0 Å².